The van der Waals surface area contributed by atoms with Crippen molar-refractivity contribution in [2.24, 2.45) is 0 Å². The second-order valence-corrected chi connectivity index (χ2v) is 6.62. The third-order valence-corrected chi connectivity index (χ3v) is 3.50. The number of anilines is 1. The van der Waals surface area contributed by atoms with Crippen molar-refractivity contribution in [2.75, 3.05) is 18.4 Å². The lowest BCUT2D eigenvalue weighted by molar-refractivity contribution is 0.0210. The third-order valence-electron chi connectivity index (χ3n) is 3.50. The Morgan fingerprint density at radius 1 is 1.25 bits per heavy atom. The molecular formula is C15H23N5O4. The Hall–Kier alpha value is -2.42. The van der Waals surface area contributed by atoms with E-state index < -0.39 is 11.5 Å². The van der Waals surface area contributed by atoms with Crippen LogP contribution in [0.25, 0.3) is 0 Å². The van der Waals surface area contributed by atoms with Crippen LogP contribution in [-0.4, -0.2) is 56.8 Å². The first-order valence-corrected chi connectivity index (χ1v) is 7.79. The van der Waals surface area contributed by atoms with Crippen LogP contribution in [0.4, 0.5) is 10.7 Å². The van der Waals surface area contributed by atoms with E-state index in [9.17, 15) is 9.59 Å². The molecule has 24 heavy (non-hydrogen) atoms. The fourth-order valence-electron chi connectivity index (χ4n) is 2.30. The average Bonchev–Trinajstić information content (AvgIpc) is 2.54. The standard InChI is InChI=1S/C15H23N5O4/c1-15(2,3)24-14(22)20-6-4-11(5-7-20)18-13-16-8-10(9-17-13)12(21)19-23/h8-9,11,23H,4-7H2,1-3H3,(H,19,21)(H,16,17,18). The highest BCUT2D eigenvalue weighted by Crippen LogP contribution is 2.17. The second-order valence-electron chi connectivity index (χ2n) is 6.62. The van der Waals surface area contributed by atoms with Crippen molar-refractivity contribution in [3.8, 4) is 0 Å². The minimum absolute atomic E-state index is 0.140. The third kappa shape index (κ3) is 5.05. The number of nitrogens with zero attached hydrogens (tertiary/aromatic N) is 3. The molecule has 0 spiro atoms. The molecule has 1 saturated heterocycles. The summed E-state index contributed by atoms with van der Waals surface area (Å²) in [5.74, 6) is -0.257. The Balaban J connectivity index is 1.82. The molecule has 0 unspecified atom stereocenters. The van der Waals surface area contributed by atoms with Gasteiger partial charge in [-0.05, 0) is 33.6 Å². The van der Waals surface area contributed by atoms with E-state index in [0.29, 0.717) is 19.0 Å². The van der Waals surface area contributed by atoms with E-state index in [1.165, 1.54) is 17.9 Å². The fraction of sp³-hybridized carbons (Fsp3) is 0.600. The molecule has 1 aliphatic rings. The highest BCUT2D eigenvalue weighted by molar-refractivity contribution is 5.92. The molecule has 1 aromatic rings. The van der Waals surface area contributed by atoms with Crippen molar-refractivity contribution in [1.29, 1.82) is 0 Å². The minimum Gasteiger partial charge on any atom is -0.444 e. The highest BCUT2D eigenvalue weighted by Gasteiger charge is 2.27. The normalized spacial score (nSPS) is 15.8. The van der Waals surface area contributed by atoms with E-state index in [4.69, 9.17) is 9.94 Å². The lowest BCUT2D eigenvalue weighted by atomic mass is 10.1. The number of likely N-dealkylation sites (tertiary alicyclic amines) is 1. The Morgan fingerprint density at radius 2 is 1.83 bits per heavy atom. The monoisotopic (exact) mass is 337 g/mol. The molecule has 0 bridgehead atoms. The van der Waals surface area contributed by atoms with Gasteiger partial charge in [0.05, 0.1) is 5.56 Å². The van der Waals surface area contributed by atoms with Crippen LogP contribution in [0.5, 0.6) is 0 Å². The van der Waals surface area contributed by atoms with Gasteiger partial charge in [-0.1, -0.05) is 0 Å². The maximum absolute atomic E-state index is 12.0. The summed E-state index contributed by atoms with van der Waals surface area (Å²) in [6.07, 6.45) is 3.87. The topological polar surface area (TPSA) is 117 Å². The number of ether oxygens (including phenoxy) is 1. The van der Waals surface area contributed by atoms with Gasteiger partial charge in [-0.3, -0.25) is 10.0 Å². The van der Waals surface area contributed by atoms with Crippen LogP contribution in [0, 0.1) is 0 Å². The number of nitrogens with one attached hydrogen (secondary N) is 2. The van der Waals surface area contributed by atoms with Gasteiger partial charge in [-0.25, -0.2) is 20.2 Å². The summed E-state index contributed by atoms with van der Waals surface area (Å²) in [4.78, 5) is 33.0. The van der Waals surface area contributed by atoms with Crippen molar-refractivity contribution < 1.29 is 19.5 Å². The summed E-state index contributed by atoms with van der Waals surface area (Å²) in [6.45, 7) is 6.72. The Morgan fingerprint density at radius 3 is 2.33 bits per heavy atom. The Bertz CT molecular complexity index is 577. The second kappa shape index (κ2) is 7.43. The van der Waals surface area contributed by atoms with Gasteiger partial charge in [0, 0.05) is 31.5 Å². The summed E-state index contributed by atoms with van der Waals surface area (Å²) in [5.41, 5.74) is 1.20. The molecule has 0 radical (unpaired) electrons. The number of hydroxylamine groups is 1. The molecule has 132 valence electrons. The van der Waals surface area contributed by atoms with Gasteiger partial charge in [0.15, 0.2) is 0 Å². The van der Waals surface area contributed by atoms with Crippen LogP contribution in [0.3, 0.4) is 0 Å². The quantitative estimate of drug-likeness (QED) is 0.564. The number of hydrogen-bond donors (Lipinski definition) is 3. The number of hydrogen-bond acceptors (Lipinski definition) is 7. The van der Waals surface area contributed by atoms with Gasteiger partial charge in [0.2, 0.25) is 5.95 Å². The summed E-state index contributed by atoms with van der Waals surface area (Å²) < 4.78 is 5.36. The van der Waals surface area contributed by atoms with Crippen LogP contribution < -0.4 is 10.8 Å². The SMILES string of the molecule is CC(C)(C)OC(=O)N1CCC(Nc2ncc(C(=O)NO)cn2)CC1. The van der Waals surface area contributed by atoms with Crippen LogP contribution in [0.1, 0.15) is 44.0 Å². The summed E-state index contributed by atoms with van der Waals surface area (Å²) in [5, 5.41) is 11.7. The van der Waals surface area contributed by atoms with Crippen molar-refractivity contribution >= 4 is 17.9 Å². The predicted octanol–water partition coefficient (Wildman–Crippen LogP) is 1.41. The first kappa shape index (κ1) is 17.9. The number of carbonyl (C=O) groups is 2. The van der Waals surface area contributed by atoms with Gasteiger partial charge in [-0.15, -0.1) is 0 Å². The van der Waals surface area contributed by atoms with Crippen LogP contribution >= 0.6 is 0 Å². The number of rotatable bonds is 3. The first-order valence-electron chi connectivity index (χ1n) is 7.79. The average molecular weight is 337 g/mol. The van der Waals surface area contributed by atoms with Gasteiger partial charge >= 0.3 is 6.09 Å². The van der Waals surface area contributed by atoms with E-state index in [2.05, 4.69) is 15.3 Å². The molecule has 2 rings (SSSR count). The molecule has 0 saturated carbocycles. The minimum atomic E-state index is -0.660. The summed E-state index contributed by atoms with van der Waals surface area (Å²) in [6, 6.07) is 0.140. The smallest absolute Gasteiger partial charge is 0.410 e. The molecule has 3 N–H and O–H groups in total. The highest BCUT2D eigenvalue weighted by atomic mass is 16.6. The van der Waals surface area contributed by atoms with Crippen molar-refractivity contribution in [3.05, 3.63) is 18.0 Å². The van der Waals surface area contributed by atoms with Crippen LogP contribution in [-0.2, 0) is 4.74 Å². The molecular weight excluding hydrogens is 314 g/mol. The molecule has 0 aliphatic carbocycles. The van der Waals surface area contributed by atoms with Crippen LogP contribution in [0.2, 0.25) is 0 Å². The predicted molar refractivity (Wildman–Crippen MR) is 85.7 cm³/mol. The summed E-state index contributed by atoms with van der Waals surface area (Å²) in [7, 11) is 0. The molecule has 0 atom stereocenters. The van der Waals surface area contributed by atoms with Gasteiger partial charge < -0.3 is 15.0 Å². The zero-order chi connectivity index (χ0) is 17.7. The van der Waals surface area contributed by atoms with Gasteiger partial charge in [0.1, 0.15) is 5.60 Å². The number of aromatic nitrogens is 2. The van der Waals surface area contributed by atoms with E-state index in [1.807, 2.05) is 20.8 Å². The molecule has 9 heteroatoms. The molecule has 2 heterocycles. The molecule has 0 aromatic carbocycles. The van der Waals surface area contributed by atoms with E-state index in [0.717, 1.165) is 12.8 Å². The number of piperidine rings is 1. The van der Waals surface area contributed by atoms with Gasteiger partial charge in [-0.2, -0.15) is 0 Å². The molecule has 1 aliphatic heterocycles. The van der Waals surface area contributed by atoms with Crippen molar-refractivity contribution in [3.63, 3.8) is 0 Å². The van der Waals surface area contributed by atoms with Crippen LogP contribution in [0.15, 0.2) is 12.4 Å². The van der Waals surface area contributed by atoms with Crippen molar-refractivity contribution in [1.82, 2.24) is 20.3 Å². The molecule has 1 aromatic heterocycles. The molecule has 2 amide bonds. The van der Waals surface area contributed by atoms with E-state index >= 15 is 0 Å². The fourth-order valence-corrected chi connectivity index (χ4v) is 2.30. The zero-order valence-corrected chi connectivity index (χ0v) is 14.1. The van der Waals surface area contributed by atoms with E-state index in [-0.39, 0.29) is 17.7 Å². The molecule has 9 nitrogen and oxygen atoms in total. The van der Waals surface area contributed by atoms with Gasteiger partial charge in [0.25, 0.3) is 5.91 Å². The van der Waals surface area contributed by atoms with Crippen molar-refractivity contribution in [2.45, 2.75) is 45.3 Å². The Labute approximate surface area is 140 Å². The largest absolute Gasteiger partial charge is 0.444 e. The summed E-state index contributed by atoms with van der Waals surface area (Å²) >= 11 is 0. The zero-order valence-electron chi connectivity index (χ0n) is 14.1. The Kier molecular flexibility index (Phi) is 5.55. The molecule has 1 fully saturated rings. The maximum atomic E-state index is 12.0. The number of amides is 2. The first-order chi connectivity index (χ1) is 11.3. The van der Waals surface area contributed by atoms with E-state index in [1.54, 1.807) is 4.90 Å². The lowest BCUT2D eigenvalue weighted by Crippen LogP contribution is -2.44. The lowest BCUT2D eigenvalue weighted by Gasteiger charge is -2.33. The number of carbonyl (C=O) groups excluding carboxylic acids is 2. The maximum Gasteiger partial charge on any atom is 0.410 e.